The zero-order valence-corrected chi connectivity index (χ0v) is 11.2. The van der Waals surface area contributed by atoms with E-state index in [-0.39, 0.29) is 25.2 Å². The quantitative estimate of drug-likeness (QED) is 0.766. The van der Waals surface area contributed by atoms with Crippen molar-refractivity contribution in [3.63, 3.8) is 0 Å². The number of nitrogens with zero attached hydrogens (tertiary/aromatic N) is 2. The summed E-state index contributed by atoms with van der Waals surface area (Å²) in [5.41, 5.74) is 0.982. The summed E-state index contributed by atoms with van der Waals surface area (Å²) in [6.45, 7) is 0.374. The molecule has 2 heterocycles. The van der Waals surface area contributed by atoms with E-state index < -0.39 is 0 Å². The van der Waals surface area contributed by atoms with Crippen LogP contribution in [0.15, 0.2) is 18.5 Å². The lowest BCUT2D eigenvalue weighted by Gasteiger charge is -2.34. The number of likely N-dealkylation sites (tertiary alicyclic amines) is 1. The van der Waals surface area contributed by atoms with Gasteiger partial charge in [0.15, 0.2) is 0 Å². The number of aliphatic hydroxyl groups is 2. The van der Waals surface area contributed by atoms with E-state index in [2.05, 4.69) is 16.8 Å². The van der Waals surface area contributed by atoms with Gasteiger partial charge in [0, 0.05) is 18.9 Å². The van der Waals surface area contributed by atoms with Crippen molar-refractivity contribution in [2.75, 3.05) is 19.8 Å². The van der Waals surface area contributed by atoms with Gasteiger partial charge in [0.25, 0.3) is 5.91 Å². The van der Waals surface area contributed by atoms with Gasteiger partial charge >= 0.3 is 0 Å². The van der Waals surface area contributed by atoms with Gasteiger partial charge in [-0.2, -0.15) is 0 Å². The van der Waals surface area contributed by atoms with Crippen LogP contribution in [0.2, 0.25) is 0 Å². The summed E-state index contributed by atoms with van der Waals surface area (Å²) < 4.78 is 0. The third-order valence-corrected chi connectivity index (χ3v) is 3.45. The molecule has 5 nitrogen and oxygen atoms in total. The van der Waals surface area contributed by atoms with E-state index in [0.29, 0.717) is 17.7 Å². The van der Waals surface area contributed by atoms with Crippen molar-refractivity contribution in [1.82, 2.24) is 9.88 Å². The highest BCUT2D eigenvalue weighted by molar-refractivity contribution is 5.96. The van der Waals surface area contributed by atoms with Crippen molar-refractivity contribution in [2.24, 2.45) is 0 Å². The molecule has 0 radical (unpaired) electrons. The Hall–Kier alpha value is -1.90. The molecule has 1 atom stereocenters. The minimum Gasteiger partial charge on any atom is -0.394 e. The maximum Gasteiger partial charge on any atom is 0.255 e. The Bertz CT molecular complexity index is 533. The van der Waals surface area contributed by atoms with Gasteiger partial charge in [-0.05, 0) is 25.3 Å². The van der Waals surface area contributed by atoms with E-state index in [0.717, 1.165) is 19.3 Å². The molecule has 2 rings (SSSR count). The molecular formula is C15H18N2O3. The highest BCUT2D eigenvalue weighted by atomic mass is 16.3. The smallest absolute Gasteiger partial charge is 0.255 e. The first kappa shape index (κ1) is 14.5. The van der Waals surface area contributed by atoms with Gasteiger partial charge in [-0.1, -0.05) is 11.8 Å². The highest BCUT2D eigenvalue weighted by Gasteiger charge is 2.27. The van der Waals surface area contributed by atoms with Crippen LogP contribution in [0.25, 0.3) is 0 Å². The lowest BCUT2D eigenvalue weighted by atomic mass is 10.0. The van der Waals surface area contributed by atoms with Crippen LogP contribution in [0.1, 0.15) is 35.2 Å². The van der Waals surface area contributed by atoms with Crippen LogP contribution in [0.5, 0.6) is 0 Å². The number of pyridine rings is 1. The zero-order valence-electron chi connectivity index (χ0n) is 11.2. The Balaban J connectivity index is 2.28. The molecule has 1 aliphatic rings. The highest BCUT2D eigenvalue weighted by Crippen LogP contribution is 2.20. The SMILES string of the molecule is O=C(c1ccncc1C#CCO)N1CCCCC1CO. The molecule has 1 fully saturated rings. The number of carbonyl (C=O) groups excluding carboxylic acids is 1. The van der Waals surface area contributed by atoms with Gasteiger partial charge in [-0.15, -0.1) is 0 Å². The van der Waals surface area contributed by atoms with Crippen LogP contribution in [0, 0.1) is 11.8 Å². The average Bonchev–Trinajstić information content (AvgIpc) is 2.52. The van der Waals surface area contributed by atoms with Gasteiger partial charge in [0.1, 0.15) is 6.61 Å². The monoisotopic (exact) mass is 274 g/mol. The van der Waals surface area contributed by atoms with Crippen molar-refractivity contribution in [2.45, 2.75) is 25.3 Å². The molecule has 2 N–H and O–H groups in total. The van der Waals surface area contributed by atoms with Crippen molar-refractivity contribution in [3.05, 3.63) is 29.6 Å². The second-order valence-corrected chi connectivity index (χ2v) is 4.71. The van der Waals surface area contributed by atoms with Crippen molar-refractivity contribution >= 4 is 5.91 Å². The maximum atomic E-state index is 12.6. The fourth-order valence-corrected chi connectivity index (χ4v) is 2.43. The third-order valence-electron chi connectivity index (χ3n) is 3.45. The standard InChI is InChI=1S/C15H18N2O3/c18-9-3-4-12-10-16-7-6-14(12)15(20)17-8-2-1-5-13(17)11-19/h6-7,10,13,18-19H,1-2,5,8-9,11H2. The molecule has 1 aliphatic heterocycles. The Morgan fingerprint density at radius 2 is 2.30 bits per heavy atom. The summed E-state index contributed by atoms with van der Waals surface area (Å²) >= 11 is 0. The fraction of sp³-hybridized carbons (Fsp3) is 0.467. The first-order valence-electron chi connectivity index (χ1n) is 6.73. The van der Waals surface area contributed by atoms with Crippen molar-refractivity contribution < 1.29 is 15.0 Å². The molecule has 1 unspecified atom stereocenters. The summed E-state index contributed by atoms with van der Waals surface area (Å²) in [6, 6.07) is 1.51. The molecule has 0 aromatic carbocycles. The van der Waals surface area contributed by atoms with E-state index in [1.165, 1.54) is 6.20 Å². The molecule has 1 aromatic rings. The van der Waals surface area contributed by atoms with E-state index in [4.69, 9.17) is 5.11 Å². The topological polar surface area (TPSA) is 73.7 Å². The molecule has 1 amide bonds. The second-order valence-electron chi connectivity index (χ2n) is 4.71. The number of carbonyl (C=O) groups is 1. The molecule has 1 saturated heterocycles. The number of amides is 1. The van der Waals surface area contributed by atoms with Crippen LogP contribution in [-0.4, -0.2) is 51.8 Å². The number of rotatable bonds is 2. The Kier molecular flexibility index (Phi) is 5.10. The van der Waals surface area contributed by atoms with E-state index in [1.807, 2.05) is 0 Å². The summed E-state index contributed by atoms with van der Waals surface area (Å²) in [5.74, 6) is 5.15. The lowest BCUT2D eigenvalue weighted by molar-refractivity contribution is 0.0502. The number of piperidine rings is 1. The molecule has 0 bridgehead atoms. The molecule has 0 saturated carbocycles. The zero-order chi connectivity index (χ0) is 14.4. The maximum absolute atomic E-state index is 12.6. The molecular weight excluding hydrogens is 256 g/mol. The van der Waals surface area contributed by atoms with Gasteiger partial charge in [-0.3, -0.25) is 9.78 Å². The predicted molar refractivity (Wildman–Crippen MR) is 74.0 cm³/mol. The molecule has 0 spiro atoms. The van der Waals surface area contributed by atoms with Crippen molar-refractivity contribution in [1.29, 1.82) is 0 Å². The normalized spacial score (nSPS) is 18.3. The summed E-state index contributed by atoms with van der Waals surface area (Å²) in [5, 5.41) is 18.2. The predicted octanol–water partition coefficient (Wildman–Crippen LogP) is 0.412. The fourth-order valence-electron chi connectivity index (χ4n) is 2.43. The number of aromatic nitrogens is 1. The van der Waals surface area contributed by atoms with Gasteiger partial charge in [0.2, 0.25) is 0 Å². The Morgan fingerprint density at radius 3 is 3.05 bits per heavy atom. The van der Waals surface area contributed by atoms with Gasteiger partial charge in [0.05, 0.1) is 23.8 Å². The minimum absolute atomic E-state index is 0.0194. The largest absolute Gasteiger partial charge is 0.394 e. The Labute approximate surface area is 118 Å². The lowest BCUT2D eigenvalue weighted by Crippen LogP contribution is -2.45. The van der Waals surface area contributed by atoms with Crippen molar-refractivity contribution in [3.8, 4) is 11.8 Å². The number of hydrogen-bond donors (Lipinski definition) is 2. The van der Waals surface area contributed by atoms with Crippen LogP contribution >= 0.6 is 0 Å². The van der Waals surface area contributed by atoms with E-state index in [9.17, 15) is 9.90 Å². The van der Waals surface area contributed by atoms with Crippen LogP contribution in [0.4, 0.5) is 0 Å². The summed E-state index contributed by atoms with van der Waals surface area (Å²) in [7, 11) is 0. The van der Waals surface area contributed by atoms with E-state index >= 15 is 0 Å². The summed E-state index contributed by atoms with van der Waals surface area (Å²) in [4.78, 5) is 18.3. The first-order chi connectivity index (χ1) is 9.77. The second kappa shape index (κ2) is 7.04. The molecule has 5 heteroatoms. The van der Waals surface area contributed by atoms with Crippen LogP contribution in [0.3, 0.4) is 0 Å². The number of aliphatic hydroxyl groups excluding tert-OH is 2. The molecule has 0 aliphatic carbocycles. The molecule has 20 heavy (non-hydrogen) atoms. The van der Waals surface area contributed by atoms with Gasteiger partial charge in [-0.25, -0.2) is 0 Å². The summed E-state index contributed by atoms with van der Waals surface area (Å²) in [6.07, 6.45) is 5.88. The van der Waals surface area contributed by atoms with Gasteiger partial charge < -0.3 is 15.1 Å². The van der Waals surface area contributed by atoms with Crippen LogP contribution in [-0.2, 0) is 0 Å². The molecule has 1 aromatic heterocycles. The van der Waals surface area contributed by atoms with Crippen LogP contribution < -0.4 is 0 Å². The first-order valence-corrected chi connectivity index (χ1v) is 6.73. The third kappa shape index (κ3) is 3.16. The Morgan fingerprint density at radius 1 is 1.45 bits per heavy atom. The van der Waals surface area contributed by atoms with E-state index in [1.54, 1.807) is 17.2 Å². The average molecular weight is 274 g/mol. The minimum atomic E-state index is -0.258. The molecule has 106 valence electrons. The number of hydrogen-bond acceptors (Lipinski definition) is 4.